The van der Waals surface area contributed by atoms with Crippen LogP contribution in [0.5, 0.6) is 0 Å². The molecule has 2 aliphatic rings. The highest BCUT2D eigenvalue weighted by Gasteiger charge is 2.48. The summed E-state index contributed by atoms with van der Waals surface area (Å²) in [4.78, 5) is 14.5. The molecule has 122 valence electrons. The molecule has 2 saturated carbocycles. The summed E-state index contributed by atoms with van der Waals surface area (Å²) < 4.78 is 0. The van der Waals surface area contributed by atoms with E-state index >= 15 is 0 Å². The van der Waals surface area contributed by atoms with Crippen molar-refractivity contribution in [2.45, 2.75) is 76.8 Å². The first-order chi connectivity index (χ1) is 10.1. The lowest BCUT2D eigenvalue weighted by Crippen LogP contribution is -2.55. The Morgan fingerprint density at radius 3 is 2.57 bits per heavy atom. The number of nitrogens with zero attached hydrogens (tertiary/aromatic N) is 1. The van der Waals surface area contributed by atoms with E-state index in [4.69, 9.17) is 0 Å². The molecule has 0 bridgehead atoms. The number of carboxylic acid groups (broad SMARTS) is 1. The van der Waals surface area contributed by atoms with Crippen LogP contribution in [0.3, 0.4) is 0 Å². The van der Waals surface area contributed by atoms with Crippen molar-refractivity contribution < 1.29 is 9.90 Å². The molecular weight excluding hydrogens is 264 g/mol. The van der Waals surface area contributed by atoms with E-state index in [2.05, 4.69) is 24.1 Å². The van der Waals surface area contributed by atoms with E-state index < -0.39 is 11.5 Å². The highest BCUT2D eigenvalue weighted by Crippen LogP contribution is 2.39. The molecule has 4 heteroatoms. The van der Waals surface area contributed by atoms with Gasteiger partial charge in [-0.3, -0.25) is 4.79 Å². The van der Waals surface area contributed by atoms with Crippen molar-refractivity contribution >= 4 is 5.97 Å². The van der Waals surface area contributed by atoms with E-state index in [1.807, 2.05) is 0 Å². The van der Waals surface area contributed by atoms with Crippen LogP contribution < -0.4 is 5.32 Å². The fourth-order valence-electron chi connectivity index (χ4n) is 3.93. The molecule has 0 aromatic heterocycles. The maximum Gasteiger partial charge on any atom is 0.324 e. The third kappa shape index (κ3) is 3.98. The van der Waals surface area contributed by atoms with E-state index in [0.29, 0.717) is 5.92 Å². The van der Waals surface area contributed by atoms with Gasteiger partial charge in [0.2, 0.25) is 0 Å². The van der Waals surface area contributed by atoms with Crippen LogP contribution >= 0.6 is 0 Å². The molecule has 2 unspecified atom stereocenters. The Morgan fingerprint density at radius 2 is 2.00 bits per heavy atom. The largest absolute Gasteiger partial charge is 0.480 e. The van der Waals surface area contributed by atoms with Crippen LogP contribution in [0.1, 0.15) is 65.2 Å². The molecule has 0 saturated heterocycles. The quantitative estimate of drug-likeness (QED) is 0.651. The molecule has 0 spiro atoms. The average Bonchev–Trinajstić information content (AvgIpc) is 3.22. The molecule has 21 heavy (non-hydrogen) atoms. The van der Waals surface area contributed by atoms with E-state index in [1.165, 1.54) is 25.8 Å². The second kappa shape index (κ2) is 7.59. The highest BCUT2D eigenvalue weighted by molar-refractivity contribution is 5.79. The first-order valence-electron chi connectivity index (χ1n) is 8.86. The monoisotopic (exact) mass is 296 g/mol. The molecule has 4 nitrogen and oxygen atoms in total. The Balaban J connectivity index is 1.94. The third-order valence-electron chi connectivity index (χ3n) is 5.23. The van der Waals surface area contributed by atoms with Gasteiger partial charge in [0.15, 0.2) is 0 Å². The minimum absolute atomic E-state index is 0.291. The number of carbonyl (C=O) groups is 1. The summed E-state index contributed by atoms with van der Waals surface area (Å²) in [6.45, 7) is 7.38. The lowest BCUT2D eigenvalue weighted by Gasteiger charge is -2.34. The first-order valence-corrected chi connectivity index (χ1v) is 8.86. The number of hydrogen-bond donors (Lipinski definition) is 2. The lowest BCUT2D eigenvalue weighted by atomic mass is 9.84. The summed E-state index contributed by atoms with van der Waals surface area (Å²) in [5.74, 6) is -0.341. The number of rotatable bonds is 10. The predicted molar refractivity (Wildman–Crippen MR) is 85.5 cm³/mol. The maximum absolute atomic E-state index is 11.9. The van der Waals surface area contributed by atoms with Crippen molar-refractivity contribution in [3.63, 3.8) is 0 Å². The SMILES string of the molecule is CCCNC1(C(=O)O)CCCC1CCN(CCC)C1CC1. The van der Waals surface area contributed by atoms with Crippen molar-refractivity contribution in [2.75, 3.05) is 19.6 Å². The molecule has 2 atom stereocenters. The topological polar surface area (TPSA) is 52.6 Å². The van der Waals surface area contributed by atoms with Crippen molar-refractivity contribution in [2.24, 2.45) is 5.92 Å². The molecule has 0 radical (unpaired) electrons. The Morgan fingerprint density at radius 1 is 1.24 bits per heavy atom. The van der Waals surface area contributed by atoms with Gasteiger partial charge in [-0.05, 0) is 70.5 Å². The standard InChI is InChI=1S/C17H32N2O2/c1-3-11-18-17(16(20)21)10-5-6-14(17)9-13-19(12-4-2)15-7-8-15/h14-15,18H,3-13H2,1-2H3,(H,20,21). The fourth-order valence-corrected chi connectivity index (χ4v) is 3.93. The zero-order valence-corrected chi connectivity index (χ0v) is 13.7. The summed E-state index contributed by atoms with van der Waals surface area (Å²) in [5.41, 5.74) is -0.655. The second-order valence-electron chi connectivity index (χ2n) is 6.85. The molecule has 0 aliphatic heterocycles. The summed E-state index contributed by atoms with van der Waals surface area (Å²) >= 11 is 0. The minimum atomic E-state index is -0.655. The second-order valence-corrected chi connectivity index (χ2v) is 6.85. The molecule has 2 aliphatic carbocycles. The van der Waals surface area contributed by atoms with Crippen molar-refractivity contribution in [1.82, 2.24) is 10.2 Å². The Kier molecular flexibility index (Phi) is 6.06. The van der Waals surface area contributed by atoms with Gasteiger partial charge >= 0.3 is 5.97 Å². The Hall–Kier alpha value is -0.610. The molecule has 0 aromatic carbocycles. The van der Waals surface area contributed by atoms with Crippen LogP contribution in [0.2, 0.25) is 0 Å². The Bertz CT molecular complexity index is 344. The Labute approximate surface area is 129 Å². The van der Waals surface area contributed by atoms with Gasteiger partial charge in [-0.1, -0.05) is 20.3 Å². The predicted octanol–water partition coefficient (Wildman–Crippen LogP) is 2.87. The van der Waals surface area contributed by atoms with Crippen molar-refractivity contribution in [3.8, 4) is 0 Å². The van der Waals surface area contributed by atoms with E-state index in [-0.39, 0.29) is 0 Å². The zero-order chi connectivity index (χ0) is 15.3. The van der Waals surface area contributed by atoms with Crippen LogP contribution in [-0.4, -0.2) is 47.2 Å². The number of hydrogen-bond acceptors (Lipinski definition) is 3. The number of aliphatic carboxylic acids is 1. The molecular formula is C17H32N2O2. The van der Waals surface area contributed by atoms with Crippen LogP contribution in [0.25, 0.3) is 0 Å². The van der Waals surface area contributed by atoms with Gasteiger partial charge in [-0.2, -0.15) is 0 Å². The molecule has 0 heterocycles. The van der Waals surface area contributed by atoms with E-state index in [0.717, 1.165) is 51.2 Å². The normalized spacial score (nSPS) is 29.2. The molecule has 2 rings (SSSR count). The number of carboxylic acids is 1. The first kappa shape index (κ1) is 16.8. The summed E-state index contributed by atoms with van der Waals surface area (Å²) in [6.07, 6.45) is 8.79. The highest BCUT2D eigenvalue weighted by atomic mass is 16.4. The van der Waals surface area contributed by atoms with Crippen LogP contribution in [0.15, 0.2) is 0 Å². The van der Waals surface area contributed by atoms with Gasteiger partial charge in [0.05, 0.1) is 0 Å². The number of nitrogens with one attached hydrogen (secondary N) is 1. The average molecular weight is 296 g/mol. The summed E-state index contributed by atoms with van der Waals surface area (Å²) in [7, 11) is 0. The minimum Gasteiger partial charge on any atom is -0.480 e. The smallest absolute Gasteiger partial charge is 0.324 e. The van der Waals surface area contributed by atoms with Gasteiger partial charge in [-0.15, -0.1) is 0 Å². The molecule has 0 amide bonds. The van der Waals surface area contributed by atoms with E-state index in [1.54, 1.807) is 0 Å². The van der Waals surface area contributed by atoms with Gasteiger partial charge in [0.25, 0.3) is 0 Å². The zero-order valence-electron chi connectivity index (χ0n) is 13.7. The lowest BCUT2D eigenvalue weighted by molar-refractivity contribution is -0.146. The molecule has 0 aromatic rings. The van der Waals surface area contributed by atoms with Crippen LogP contribution in [0, 0.1) is 5.92 Å². The maximum atomic E-state index is 11.9. The fraction of sp³-hybridized carbons (Fsp3) is 0.941. The third-order valence-corrected chi connectivity index (χ3v) is 5.23. The van der Waals surface area contributed by atoms with E-state index in [9.17, 15) is 9.90 Å². The molecule has 2 fully saturated rings. The summed E-state index contributed by atoms with van der Waals surface area (Å²) in [6, 6.07) is 0.786. The summed E-state index contributed by atoms with van der Waals surface area (Å²) in [5, 5.41) is 13.2. The van der Waals surface area contributed by atoms with Crippen molar-refractivity contribution in [3.05, 3.63) is 0 Å². The molecule has 2 N–H and O–H groups in total. The van der Waals surface area contributed by atoms with Gasteiger partial charge in [0, 0.05) is 6.04 Å². The van der Waals surface area contributed by atoms with Gasteiger partial charge in [-0.25, -0.2) is 0 Å². The van der Waals surface area contributed by atoms with Crippen molar-refractivity contribution in [1.29, 1.82) is 0 Å². The van der Waals surface area contributed by atoms with Gasteiger partial charge < -0.3 is 15.3 Å². The van der Waals surface area contributed by atoms with Gasteiger partial charge in [0.1, 0.15) is 5.54 Å². The van der Waals surface area contributed by atoms with Crippen LogP contribution in [-0.2, 0) is 4.79 Å². The van der Waals surface area contributed by atoms with Crippen LogP contribution in [0.4, 0.5) is 0 Å².